The van der Waals surface area contributed by atoms with Gasteiger partial charge in [0.15, 0.2) is 0 Å². The van der Waals surface area contributed by atoms with Crippen molar-refractivity contribution >= 4 is 0 Å². The lowest BCUT2D eigenvalue weighted by Gasteiger charge is -2.02. The predicted molar refractivity (Wildman–Crippen MR) is 50.5 cm³/mol. The Morgan fingerprint density at radius 3 is 2.62 bits per heavy atom. The molecular weight excluding hydrogens is 166 g/mol. The molecule has 0 spiro atoms. The normalized spacial score (nSPS) is 9.00. The van der Waals surface area contributed by atoms with Gasteiger partial charge in [0.2, 0.25) is 0 Å². The summed E-state index contributed by atoms with van der Waals surface area (Å²) >= 11 is 0. The molecule has 1 aromatic carbocycles. The second kappa shape index (κ2) is 5.06. The summed E-state index contributed by atoms with van der Waals surface area (Å²) in [6.45, 7) is 2.99. The van der Waals surface area contributed by atoms with Gasteiger partial charge in [-0.15, -0.1) is 0 Å². The number of azide groups is 1. The fourth-order valence-corrected chi connectivity index (χ4v) is 0.971. The van der Waals surface area contributed by atoms with Gasteiger partial charge in [0.25, 0.3) is 0 Å². The molecule has 4 heteroatoms. The van der Waals surface area contributed by atoms with Gasteiger partial charge in [-0.3, -0.25) is 0 Å². The molecular formula is C9H11N3O. The number of hydrogen-bond donors (Lipinski definition) is 0. The molecule has 4 nitrogen and oxygen atoms in total. The van der Waals surface area contributed by atoms with Crippen molar-refractivity contribution in [3.63, 3.8) is 0 Å². The van der Waals surface area contributed by atoms with E-state index in [1.54, 1.807) is 0 Å². The average molecular weight is 177 g/mol. The average Bonchev–Trinajstić information content (AvgIpc) is 2.17. The van der Waals surface area contributed by atoms with Crippen LogP contribution >= 0.6 is 0 Å². The maximum Gasteiger partial charge on any atom is 0.119 e. The summed E-state index contributed by atoms with van der Waals surface area (Å²) < 4.78 is 5.26. The molecule has 0 atom stereocenters. The van der Waals surface area contributed by atoms with Crippen LogP contribution in [0.1, 0.15) is 12.5 Å². The van der Waals surface area contributed by atoms with Crippen LogP contribution in [-0.4, -0.2) is 6.61 Å². The van der Waals surface area contributed by atoms with Gasteiger partial charge >= 0.3 is 0 Å². The van der Waals surface area contributed by atoms with Crippen molar-refractivity contribution in [3.8, 4) is 5.75 Å². The van der Waals surface area contributed by atoms with Crippen molar-refractivity contribution in [2.45, 2.75) is 13.5 Å². The molecule has 0 N–H and O–H groups in total. The van der Waals surface area contributed by atoms with Crippen molar-refractivity contribution < 1.29 is 4.74 Å². The third kappa shape index (κ3) is 3.05. The van der Waals surface area contributed by atoms with E-state index >= 15 is 0 Å². The van der Waals surface area contributed by atoms with Crippen molar-refractivity contribution in [1.29, 1.82) is 0 Å². The Morgan fingerprint density at radius 1 is 1.38 bits per heavy atom. The van der Waals surface area contributed by atoms with Gasteiger partial charge < -0.3 is 4.74 Å². The first kappa shape index (κ1) is 9.42. The molecule has 0 aliphatic carbocycles. The number of hydrogen-bond acceptors (Lipinski definition) is 2. The van der Waals surface area contributed by atoms with Crippen LogP contribution in [0.2, 0.25) is 0 Å². The zero-order valence-electron chi connectivity index (χ0n) is 7.47. The highest BCUT2D eigenvalue weighted by atomic mass is 16.5. The summed E-state index contributed by atoms with van der Waals surface area (Å²) in [5, 5.41) is 3.46. The SMILES string of the molecule is CCOc1ccc(CN=[N+]=[N-])cc1. The van der Waals surface area contributed by atoms with E-state index in [2.05, 4.69) is 10.0 Å². The number of rotatable bonds is 4. The lowest BCUT2D eigenvalue weighted by atomic mass is 10.2. The van der Waals surface area contributed by atoms with Crippen molar-refractivity contribution in [3.05, 3.63) is 40.3 Å². The van der Waals surface area contributed by atoms with E-state index in [0.29, 0.717) is 13.2 Å². The van der Waals surface area contributed by atoms with Gasteiger partial charge in [-0.25, -0.2) is 0 Å². The van der Waals surface area contributed by atoms with Crippen LogP contribution in [0.25, 0.3) is 10.4 Å². The maximum absolute atomic E-state index is 8.10. The molecule has 68 valence electrons. The first-order chi connectivity index (χ1) is 6.36. The van der Waals surface area contributed by atoms with Crippen molar-refractivity contribution in [1.82, 2.24) is 0 Å². The molecule has 0 aromatic heterocycles. The van der Waals surface area contributed by atoms with Crippen LogP contribution in [0.3, 0.4) is 0 Å². The standard InChI is InChI=1S/C9H11N3O/c1-2-13-9-5-3-8(4-6-9)7-11-12-10/h3-6H,2,7H2,1H3. The summed E-state index contributed by atoms with van der Waals surface area (Å²) in [6.07, 6.45) is 0. The van der Waals surface area contributed by atoms with E-state index in [9.17, 15) is 0 Å². The molecule has 1 aromatic rings. The van der Waals surface area contributed by atoms with Crippen LogP contribution in [0.5, 0.6) is 5.75 Å². The Hall–Kier alpha value is -1.67. The highest BCUT2D eigenvalue weighted by molar-refractivity contribution is 5.27. The third-order valence-corrected chi connectivity index (χ3v) is 1.55. The van der Waals surface area contributed by atoms with Gasteiger partial charge in [0.05, 0.1) is 13.2 Å². The highest BCUT2D eigenvalue weighted by Gasteiger charge is 1.92. The first-order valence-electron chi connectivity index (χ1n) is 4.09. The smallest absolute Gasteiger partial charge is 0.119 e. The monoisotopic (exact) mass is 177 g/mol. The second-order valence-corrected chi connectivity index (χ2v) is 2.47. The Morgan fingerprint density at radius 2 is 2.08 bits per heavy atom. The van der Waals surface area contributed by atoms with Crippen LogP contribution in [0, 0.1) is 0 Å². The fourth-order valence-electron chi connectivity index (χ4n) is 0.971. The Kier molecular flexibility index (Phi) is 3.67. The van der Waals surface area contributed by atoms with Crippen LogP contribution in [0.4, 0.5) is 0 Å². The van der Waals surface area contributed by atoms with Gasteiger partial charge in [-0.1, -0.05) is 17.2 Å². The van der Waals surface area contributed by atoms with Gasteiger partial charge in [0, 0.05) is 4.91 Å². The molecule has 0 radical (unpaired) electrons. The molecule has 0 amide bonds. The highest BCUT2D eigenvalue weighted by Crippen LogP contribution is 2.12. The van der Waals surface area contributed by atoms with Gasteiger partial charge in [-0.2, -0.15) is 0 Å². The second-order valence-electron chi connectivity index (χ2n) is 2.47. The van der Waals surface area contributed by atoms with E-state index in [1.807, 2.05) is 31.2 Å². The predicted octanol–water partition coefficient (Wildman–Crippen LogP) is 2.90. The summed E-state index contributed by atoms with van der Waals surface area (Å²) in [7, 11) is 0. The molecule has 0 aliphatic heterocycles. The topological polar surface area (TPSA) is 58.0 Å². The van der Waals surface area contributed by atoms with Gasteiger partial charge in [-0.05, 0) is 30.2 Å². The van der Waals surface area contributed by atoms with E-state index in [-0.39, 0.29) is 0 Å². The summed E-state index contributed by atoms with van der Waals surface area (Å²) in [6, 6.07) is 7.51. The quantitative estimate of drug-likeness (QED) is 0.396. The minimum Gasteiger partial charge on any atom is -0.494 e. The third-order valence-electron chi connectivity index (χ3n) is 1.55. The van der Waals surface area contributed by atoms with E-state index in [0.717, 1.165) is 11.3 Å². The summed E-state index contributed by atoms with van der Waals surface area (Å²) in [5.74, 6) is 0.840. The minimum atomic E-state index is 0.392. The number of benzene rings is 1. The van der Waals surface area contributed by atoms with E-state index < -0.39 is 0 Å². The summed E-state index contributed by atoms with van der Waals surface area (Å²) in [4.78, 5) is 2.68. The molecule has 1 rings (SSSR count). The molecule has 13 heavy (non-hydrogen) atoms. The fraction of sp³-hybridized carbons (Fsp3) is 0.333. The van der Waals surface area contributed by atoms with Crippen LogP contribution < -0.4 is 4.74 Å². The van der Waals surface area contributed by atoms with Crippen molar-refractivity contribution in [2.75, 3.05) is 6.61 Å². The molecule has 0 bridgehead atoms. The molecule has 0 saturated heterocycles. The van der Waals surface area contributed by atoms with Crippen molar-refractivity contribution in [2.24, 2.45) is 5.11 Å². The van der Waals surface area contributed by atoms with E-state index in [1.165, 1.54) is 0 Å². The summed E-state index contributed by atoms with van der Waals surface area (Å²) in [5.41, 5.74) is 9.09. The van der Waals surface area contributed by atoms with Crippen LogP contribution in [-0.2, 0) is 6.54 Å². The minimum absolute atomic E-state index is 0.392. The largest absolute Gasteiger partial charge is 0.494 e. The zero-order chi connectivity index (χ0) is 9.52. The molecule has 0 fully saturated rings. The Labute approximate surface area is 76.8 Å². The first-order valence-corrected chi connectivity index (χ1v) is 4.09. The van der Waals surface area contributed by atoms with E-state index in [4.69, 9.17) is 10.3 Å². The maximum atomic E-state index is 8.10. The molecule has 0 aliphatic rings. The lowest BCUT2D eigenvalue weighted by molar-refractivity contribution is 0.340. The zero-order valence-corrected chi connectivity index (χ0v) is 7.47. The molecule has 0 unspecified atom stereocenters. The Balaban J connectivity index is 2.63. The lowest BCUT2D eigenvalue weighted by Crippen LogP contribution is -1.91. The Bertz CT molecular complexity index is 301. The van der Waals surface area contributed by atoms with Gasteiger partial charge in [0.1, 0.15) is 5.75 Å². The molecule has 0 saturated carbocycles. The molecule has 0 heterocycles. The number of nitrogens with zero attached hydrogens (tertiary/aromatic N) is 3. The number of ether oxygens (including phenoxy) is 1. The van der Waals surface area contributed by atoms with Crippen LogP contribution in [0.15, 0.2) is 29.4 Å².